The Morgan fingerprint density at radius 3 is 2.39 bits per heavy atom. The molecule has 0 aromatic heterocycles. The molecule has 0 N–H and O–H groups in total. The Hall–Kier alpha value is -0.290. The molecule has 0 unspecified atom stereocenters. The third-order valence-electron chi connectivity index (χ3n) is 2.61. The van der Waals surface area contributed by atoms with Crippen molar-refractivity contribution in [1.82, 2.24) is 4.90 Å². The van der Waals surface area contributed by atoms with E-state index in [1.165, 1.54) is 0 Å². The standard InChI is InChI=1S/C14H19ClINO/c1-9(2)8-17(10(3)4)14(18)11-5-6-13(16)12(15)7-11/h5-7,9-10H,8H2,1-4H3. The Balaban J connectivity index is 2.98. The van der Waals surface area contributed by atoms with E-state index in [2.05, 4.69) is 36.4 Å². The van der Waals surface area contributed by atoms with Gasteiger partial charge in [0.05, 0.1) is 5.02 Å². The summed E-state index contributed by atoms with van der Waals surface area (Å²) in [4.78, 5) is 14.3. The Kier molecular flexibility index (Phi) is 5.92. The molecule has 0 saturated heterocycles. The van der Waals surface area contributed by atoms with Crippen LogP contribution in [0.2, 0.25) is 5.02 Å². The lowest BCUT2D eigenvalue weighted by Gasteiger charge is -2.28. The summed E-state index contributed by atoms with van der Waals surface area (Å²) >= 11 is 8.23. The summed E-state index contributed by atoms with van der Waals surface area (Å²) in [6.45, 7) is 9.07. The van der Waals surface area contributed by atoms with Crippen LogP contribution in [0.1, 0.15) is 38.1 Å². The molecule has 4 heteroatoms. The van der Waals surface area contributed by atoms with Crippen LogP contribution in [-0.2, 0) is 0 Å². The van der Waals surface area contributed by atoms with Crippen molar-refractivity contribution in [2.75, 3.05) is 6.54 Å². The Morgan fingerprint density at radius 1 is 1.33 bits per heavy atom. The van der Waals surface area contributed by atoms with Gasteiger partial charge in [-0.05, 0) is 60.6 Å². The molecule has 0 atom stereocenters. The molecule has 0 heterocycles. The van der Waals surface area contributed by atoms with E-state index in [1.807, 2.05) is 30.9 Å². The van der Waals surface area contributed by atoms with Crippen LogP contribution in [0.3, 0.4) is 0 Å². The van der Waals surface area contributed by atoms with E-state index < -0.39 is 0 Å². The molecule has 1 rings (SSSR count). The summed E-state index contributed by atoms with van der Waals surface area (Å²) in [5, 5.41) is 0.634. The molecule has 0 spiro atoms. The highest BCUT2D eigenvalue weighted by Crippen LogP contribution is 2.21. The minimum atomic E-state index is 0.0528. The van der Waals surface area contributed by atoms with Gasteiger partial charge >= 0.3 is 0 Å². The van der Waals surface area contributed by atoms with Crippen molar-refractivity contribution in [2.45, 2.75) is 33.7 Å². The Morgan fingerprint density at radius 2 is 1.94 bits per heavy atom. The van der Waals surface area contributed by atoms with Gasteiger partial charge in [-0.25, -0.2) is 0 Å². The van der Waals surface area contributed by atoms with Crippen LogP contribution in [0, 0.1) is 9.49 Å². The predicted molar refractivity (Wildman–Crippen MR) is 85.2 cm³/mol. The molecule has 1 aromatic rings. The average Bonchev–Trinajstić information content (AvgIpc) is 2.28. The maximum Gasteiger partial charge on any atom is 0.254 e. The molecule has 1 amide bonds. The molecule has 0 aliphatic heterocycles. The van der Waals surface area contributed by atoms with Crippen LogP contribution in [0.4, 0.5) is 0 Å². The van der Waals surface area contributed by atoms with E-state index in [1.54, 1.807) is 6.07 Å². The number of benzene rings is 1. The lowest BCUT2D eigenvalue weighted by atomic mass is 10.1. The molecular formula is C14H19ClINO. The normalized spacial score (nSPS) is 11.1. The number of carbonyl (C=O) groups is 1. The zero-order chi connectivity index (χ0) is 13.9. The topological polar surface area (TPSA) is 20.3 Å². The van der Waals surface area contributed by atoms with E-state index in [0.29, 0.717) is 16.5 Å². The van der Waals surface area contributed by atoms with E-state index >= 15 is 0 Å². The second-order valence-electron chi connectivity index (χ2n) is 5.07. The molecule has 0 aliphatic rings. The quantitative estimate of drug-likeness (QED) is 0.708. The average molecular weight is 380 g/mol. The van der Waals surface area contributed by atoms with Crippen molar-refractivity contribution < 1.29 is 4.79 Å². The fourth-order valence-electron chi connectivity index (χ4n) is 1.72. The van der Waals surface area contributed by atoms with Gasteiger partial charge in [0.15, 0.2) is 0 Å². The van der Waals surface area contributed by atoms with Crippen molar-refractivity contribution in [3.05, 3.63) is 32.4 Å². The summed E-state index contributed by atoms with van der Waals surface area (Å²) in [5.74, 6) is 0.507. The van der Waals surface area contributed by atoms with Gasteiger partial charge in [0, 0.05) is 21.7 Å². The van der Waals surface area contributed by atoms with Crippen molar-refractivity contribution >= 4 is 40.1 Å². The van der Waals surface area contributed by atoms with Gasteiger partial charge in [0.1, 0.15) is 0 Å². The van der Waals surface area contributed by atoms with Crippen LogP contribution < -0.4 is 0 Å². The Bertz CT molecular complexity index is 432. The zero-order valence-electron chi connectivity index (χ0n) is 11.2. The molecule has 0 radical (unpaired) electrons. The van der Waals surface area contributed by atoms with Gasteiger partial charge in [-0.2, -0.15) is 0 Å². The van der Waals surface area contributed by atoms with Crippen LogP contribution in [-0.4, -0.2) is 23.4 Å². The van der Waals surface area contributed by atoms with Gasteiger partial charge in [0.25, 0.3) is 5.91 Å². The van der Waals surface area contributed by atoms with E-state index in [9.17, 15) is 4.79 Å². The smallest absolute Gasteiger partial charge is 0.254 e. The zero-order valence-corrected chi connectivity index (χ0v) is 14.1. The minimum absolute atomic E-state index is 0.0528. The highest BCUT2D eigenvalue weighted by atomic mass is 127. The van der Waals surface area contributed by atoms with Crippen LogP contribution >= 0.6 is 34.2 Å². The predicted octanol–water partition coefficient (Wildman–Crippen LogP) is 4.45. The number of hydrogen-bond acceptors (Lipinski definition) is 1. The summed E-state index contributed by atoms with van der Waals surface area (Å²) < 4.78 is 0.964. The first kappa shape index (κ1) is 15.8. The lowest BCUT2D eigenvalue weighted by Crippen LogP contribution is -2.39. The fraction of sp³-hybridized carbons (Fsp3) is 0.500. The van der Waals surface area contributed by atoms with E-state index in [-0.39, 0.29) is 11.9 Å². The third kappa shape index (κ3) is 4.12. The second kappa shape index (κ2) is 6.75. The van der Waals surface area contributed by atoms with Crippen molar-refractivity contribution in [1.29, 1.82) is 0 Å². The van der Waals surface area contributed by atoms with Gasteiger partial charge in [-0.3, -0.25) is 4.79 Å². The van der Waals surface area contributed by atoms with Gasteiger partial charge in [-0.15, -0.1) is 0 Å². The molecule has 2 nitrogen and oxygen atoms in total. The molecule has 0 bridgehead atoms. The van der Waals surface area contributed by atoms with Crippen molar-refractivity contribution in [2.24, 2.45) is 5.92 Å². The minimum Gasteiger partial charge on any atom is -0.336 e. The van der Waals surface area contributed by atoms with Crippen LogP contribution in [0.25, 0.3) is 0 Å². The largest absolute Gasteiger partial charge is 0.336 e. The van der Waals surface area contributed by atoms with E-state index in [4.69, 9.17) is 11.6 Å². The van der Waals surface area contributed by atoms with Gasteiger partial charge in [0.2, 0.25) is 0 Å². The summed E-state index contributed by atoms with van der Waals surface area (Å²) in [6.07, 6.45) is 0. The first-order valence-electron chi connectivity index (χ1n) is 6.09. The molecule has 0 saturated carbocycles. The number of nitrogens with zero attached hydrogens (tertiary/aromatic N) is 1. The van der Waals surface area contributed by atoms with E-state index in [0.717, 1.165) is 10.1 Å². The maximum atomic E-state index is 12.5. The summed E-state index contributed by atoms with van der Waals surface area (Å²) in [5.41, 5.74) is 0.662. The summed E-state index contributed by atoms with van der Waals surface area (Å²) in [7, 11) is 0. The maximum absolute atomic E-state index is 12.5. The first-order valence-corrected chi connectivity index (χ1v) is 7.54. The molecular weight excluding hydrogens is 361 g/mol. The number of halogens is 2. The lowest BCUT2D eigenvalue weighted by molar-refractivity contribution is 0.0682. The number of amides is 1. The second-order valence-corrected chi connectivity index (χ2v) is 6.64. The SMILES string of the molecule is CC(C)CN(C(=O)c1ccc(I)c(Cl)c1)C(C)C. The molecule has 0 aliphatic carbocycles. The highest BCUT2D eigenvalue weighted by molar-refractivity contribution is 14.1. The Labute approximate surface area is 128 Å². The number of hydrogen-bond donors (Lipinski definition) is 0. The van der Waals surface area contributed by atoms with Crippen LogP contribution in [0.15, 0.2) is 18.2 Å². The van der Waals surface area contributed by atoms with Crippen LogP contribution in [0.5, 0.6) is 0 Å². The fourth-order valence-corrected chi connectivity index (χ4v) is 2.23. The molecule has 1 aromatic carbocycles. The third-order valence-corrected chi connectivity index (χ3v) is 4.18. The molecule has 0 fully saturated rings. The number of carbonyl (C=O) groups excluding carboxylic acids is 1. The monoisotopic (exact) mass is 379 g/mol. The first-order chi connectivity index (χ1) is 8.32. The van der Waals surface area contributed by atoms with Crippen molar-refractivity contribution in [3.63, 3.8) is 0 Å². The molecule has 100 valence electrons. The van der Waals surface area contributed by atoms with Gasteiger partial charge in [-0.1, -0.05) is 25.4 Å². The number of rotatable bonds is 4. The summed E-state index contributed by atoms with van der Waals surface area (Å²) in [6, 6.07) is 5.66. The highest BCUT2D eigenvalue weighted by Gasteiger charge is 2.20. The molecule has 18 heavy (non-hydrogen) atoms. The van der Waals surface area contributed by atoms with Crippen molar-refractivity contribution in [3.8, 4) is 0 Å². The van der Waals surface area contributed by atoms with Gasteiger partial charge < -0.3 is 4.90 Å².